The molecule has 1 aromatic carbocycles. The number of likely N-dealkylation sites (N-methyl/N-ethyl adjacent to an activating group) is 1. The summed E-state index contributed by atoms with van der Waals surface area (Å²) in [5.74, 6) is -0.0255. The lowest BCUT2D eigenvalue weighted by Crippen LogP contribution is -2.45. The van der Waals surface area contributed by atoms with Crippen LogP contribution in [-0.2, 0) is 6.42 Å². The number of carbonyl (C=O) groups excluding carboxylic acids is 1. The van der Waals surface area contributed by atoms with Crippen LogP contribution in [-0.4, -0.2) is 71.8 Å². The Morgan fingerprint density at radius 1 is 1.15 bits per heavy atom. The lowest BCUT2D eigenvalue weighted by Gasteiger charge is -2.32. The number of nitrogens with one attached hydrogen (secondary N) is 1. The first-order valence-corrected chi connectivity index (χ1v) is 9.50. The van der Waals surface area contributed by atoms with E-state index in [1.165, 1.54) is 0 Å². The number of rotatable bonds is 7. The molecule has 6 nitrogen and oxygen atoms in total. The minimum atomic E-state index is -0.0255. The number of nitrogens with zero attached hydrogens (tertiary/aromatic N) is 4. The third kappa shape index (κ3) is 4.51. The number of hydrogen-bond donors (Lipinski definition) is 1. The zero-order chi connectivity index (χ0) is 18.4. The highest BCUT2D eigenvalue weighted by molar-refractivity contribution is 5.95. The third-order valence-corrected chi connectivity index (χ3v) is 4.98. The van der Waals surface area contributed by atoms with E-state index in [2.05, 4.69) is 34.2 Å². The van der Waals surface area contributed by atoms with E-state index in [-0.39, 0.29) is 5.91 Å². The number of carbonyl (C=O) groups is 1. The fraction of sp³-hybridized carbons (Fsp3) is 0.500. The van der Waals surface area contributed by atoms with Crippen LogP contribution >= 0.6 is 0 Å². The van der Waals surface area contributed by atoms with Gasteiger partial charge in [-0.1, -0.05) is 25.1 Å². The fourth-order valence-electron chi connectivity index (χ4n) is 3.37. The number of amides is 1. The molecule has 140 valence electrons. The molecule has 1 aliphatic rings. The molecular weight excluding hydrogens is 326 g/mol. The summed E-state index contributed by atoms with van der Waals surface area (Å²) in [5.41, 5.74) is 2.61. The quantitative estimate of drug-likeness (QED) is 0.770. The summed E-state index contributed by atoms with van der Waals surface area (Å²) in [6, 6.07) is 9.95. The van der Waals surface area contributed by atoms with Gasteiger partial charge in [0.05, 0.1) is 23.1 Å². The minimum absolute atomic E-state index is 0.0255. The van der Waals surface area contributed by atoms with E-state index >= 15 is 0 Å². The van der Waals surface area contributed by atoms with Crippen LogP contribution in [0.25, 0.3) is 5.69 Å². The van der Waals surface area contributed by atoms with E-state index in [0.717, 1.165) is 56.9 Å². The molecule has 0 spiro atoms. The van der Waals surface area contributed by atoms with Crippen molar-refractivity contribution in [2.75, 3.05) is 46.3 Å². The van der Waals surface area contributed by atoms with E-state index in [0.29, 0.717) is 12.1 Å². The van der Waals surface area contributed by atoms with Crippen molar-refractivity contribution in [3.8, 4) is 5.69 Å². The first-order valence-electron chi connectivity index (χ1n) is 9.50. The monoisotopic (exact) mass is 355 g/mol. The van der Waals surface area contributed by atoms with E-state index in [1.807, 2.05) is 35.0 Å². The Morgan fingerprint density at radius 2 is 1.88 bits per heavy atom. The molecule has 26 heavy (non-hydrogen) atoms. The van der Waals surface area contributed by atoms with Crippen molar-refractivity contribution in [2.45, 2.75) is 19.8 Å². The second kappa shape index (κ2) is 8.96. The van der Waals surface area contributed by atoms with Gasteiger partial charge in [-0.2, -0.15) is 5.10 Å². The zero-order valence-corrected chi connectivity index (χ0v) is 15.8. The molecular formula is C20H29N5O. The molecule has 2 heterocycles. The smallest absolute Gasteiger partial charge is 0.254 e. The van der Waals surface area contributed by atoms with Gasteiger partial charge < -0.3 is 15.1 Å². The normalized spacial score (nSPS) is 15.9. The predicted octanol–water partition coefficient (Wildman–Crippen LogP) is 1.80. The summed E-state index contributed by atoms with van der Waals surface area (Å²) >= 11 is 0. The summed E-state index contributed by atoms with van der Waals surface area (Å²) in [5, 5.41) is 7.49. The van der Waals surface area contributed by atoms with E-state index < -0.39 is 0 Å². The first kappa shape index (κ1) is 18.6. The van der Waals surface area contributed by atoms with E-state index in [9.17, 15) is 4.79 Å². The second-order valence-electron chi connectivity index (χ2n) is 6.86. The molecule has 1 fully saturated rings. The lowest BCUT2D eigenvalue weighted by atomic mass is 10.2. The molecule has 1 amide bonds. The fourth-order valence-corrected chi connectivity index (χ4v) is 3.37. The van der Waals surface area contributed by atoms with Crippen molar-refractivity contribution in [3.63, 3.8) is 0 Å². The highest BCUT2D eigenvalue weighted by Crippen LogP contribution is 2.15. The van der Waals surface area contributed by atoms with Crippen LogP contribution in [0.1, 0.15) is 29.4 Å². The zero-order valence-electron chi connectivity index (χ0n) is 15.8. The Hall–Kier alpha value is -2.18. The summed E-state index contributed by atoms with van der Waals surface area (Å²) in [6.45, 7) is 8.29. The highest BCUT2D eigenvalue weighted by Gasteiger charge is 2.17. The maximum Gasteiger partial charge on any atom is 0.254 e. The average molecular weight is 355 g/mol. The van der Waals surface area contributed by atoms with Gasteiger partial charge in [0.15, 0.2) is 0 Å². The molecule has 1 aromatic heterocycles. The number of aromatic nitrogens is 2. The van der Waals surface area contributed by atoms with Crippen molar-refractivity contribution in [1.82, 2.24) is 24.9 Å². The molecule has 2 aromatic rings. The Kier molecular flexibility index (Phi) is 6.41. The lowest BCUT2D eigenvalue weighted by molar-refractivity contribution is 0.0948. The molecule has 0 atom stereocenters. The van der Waals surface area contributed by atoms with Crippen molar-refractivity contribution in [2.24, 2.45) is 0 Å². The van der Waals surface area contributed by atoms with Gasteiger partial charge in [-0.25, -0.2) is 4.68 Å². The minimum Gasteiger partial charge on any atom is -0.352 e. The molecule has 1 N–H and O–H groups in total. The summed E-state index contributed by atoms with van der Waals surface area (Å²) in [6.07, 6.45) is 3.42. The topological polar surface area (TPSA) is 53.4 Å². The Labute approximate surface area is 155 Å². The molecule has 1 saturated heterocycles. The second-order valence-corrected chi connectivity index (χ2v) is 6.86. The Bertz CT molecular complexity index is 704. The van der Waals surface area contributed by atoms with Crippen molar-refractivity contribution in [1.29, 1.82) is 0 Å². The van der Waals surface area contributed by atoms with Crippen LogP contribution in [0.5, 0.6) is 0 Å². The van der Waals surface area contributed by atoms with Gasteiger partial charge in [-0.3, -0.25) is 4.79 Å². The number of piperazine rings is 1. The SMILES string of the molecule is CCc1c(C(=O)NCCCN2CCN(C)CC2)cnn1-c1ccccc1. The number of para-hydroxylation sites is 1. The van der Waals surface area contributed by atoms with Crippen LogP contribution in [0.15, 0.2) is 36.5 Å². The van der Waals surface area contributed by atoms with Gasteiger partial charge in [0.25, 0.3) is 5.91 Å². The van der Waals surface area contributed by atoms with Crippen LogP contribution in [0.4, 0.5) is 0 Å². The van der Waals surface area contributed by atoms with E-state index in [1.54, 1.807) is 6.20 Å². The highest BCUT2D eigenvalue weighted by atomic mass is 16.1. The summed E-state index contributed by atoms with van der Waals surface area (Å²) in [4.78, 5) is 17.4. The molecule has 0 saturated carbocycles. The summed E-state index contributed by atoms with van der Waals surface area (Å²) in [7, 11) is 2.17. The number of benzene rings is 1. The van der Waals surface area contributed by atoms with Crippen molar-refractivity contribution in [3.05, 3.63) is 47.8 Å². The van der Waals surface area contributed by atoms with Crippen LogP contribution in [0.3, 0.4) is 0 Å². The number of hydrogen-bond acceptors (Lipinski definition) is 4. The van der Waals surface area contributed by atoms with Gasteiger partial charge in [-0.15, -0.1) is 0 Å². The predicted molar refractivity (Wildman–Crippen MR) is 104 cm³/mol. The Balaban J connectivity index is 1.53. The first-order chi connectivity index (χ1) is 12.7. The van der Waals surface area contributed by atoms with E-state index in [4.69, 9.17) is 0 Å². The van der Waals surface area contributed by atoms with Crippen molar-refractivity contribution < 1.29 is 4.79 Å². The van der Waals surface area contributed by atoms with Crippen molar-refractivity contribution >= 4 is 5.91 Å². The van der Waals surface area contributed by atoms with Gasteiger partial charge in [-0.05, 0) is 38.6 Å². The van der Waals surface area contributed by atoms with Gasteiger partial charge in [0.2, 0.25) is 0 Å². The molecule has 0 aliphatic carbocycles. The molecule has 1 aliphatic heterocycles. The maximum atomic E-state index is 12.6. The molecule has 0 radical (unpaired) electrons. The summed E-state index contributed by atoms with van der Waals surface area (Å²) < 4.78 is 1.86. The van der Waals surface area contributed by atoms with Crippen LogP contribution < -0.4 is 5.32 Å². The third-order valence-electron chi connectivity index (χ3n) is 4.98. The molecule has 0 unspecified atom stereocenters. The largest absolute Gasteiger partial charge is 0.352 e. The molecule has 3 rings (SSSR count). The van der Waals surface area contributed by atoms with Gasteiger partial charge in [0, 0.05) is 32.7 Å². The maximum absolute atomic E-state index is 12.6. The average Bonchev–Trinajstić information content (AvgIpc) is 3.11. The molecule has 0 bridgehead atoms. The van der Waals surface area contributed by atoms with Gasteiger partial charge >= 0.3 is 0 Å². The Morgan fingerprint density at radius 3 is 2.58 bits per heavy atom. The van der Waals surface area contributed by atoms with Crippen LogP contribution in [0.2, 0.25) is 0 Å². The van der Waals surface area contributed by atoms with Gasteiger partial charge in [0.1, 0.15) is 0 Å². The molecule has 6 heteroatoms. The standard InChI is InChI=1S/C20H29N5O/c1-3-19-18(16-22-25(19)17-8-5-4-6-9-17)20(26)21-10-7-11-24-14-12-23(2)13-15-24/h4-6,8-9,16H,3,7,10-15H2,1-2H3,(H,21,26). The van der Waals surface area contributed by atoms with Crippen LogP contribution in [0, 0.1) is 0 Å².